The van der Waals surface area contributed by atoms with Gasteiger partial charge >= 0.3 is 0 Å². The molecule has 0 aliphatic heterocycles. The Kier molecular flexibility index (Phi) is 2.22. The minimum absolute atomic E-state index is 0.780. The fraction of sp³-hybridized carbons (Fsp3) is 0.333. The molecule has 0 saturated carbocycles. The first kappa shape index (κ1) is 7.74. The van der Waals surface area contributed by atoms with Gasteiger partial charge in [-0.15, -0.1) is 0 Å². The van der Waals surface area contributed by atoms with Crippen molar-refractivity contribution in [3.05, 3.63) is 23.3 Å². The highest BCUT2D eigenvalue weighted by Gasteiger charge is 1.93. The summed E-state index contributed by atoms with van der Waals surface area (Å²) < 4.78 is 0. The van der Waals surface area contributed by atoms with Crippen LogP contribution in [0.3, 0.4) is 0 Å². The molecule has 0 radical (unpaired) electrons. The summed E-state index contributed by atoms with van der Waals surface area (Å²) in [5, 5.41) is 0. The highest BCUT2D eigenvalue weighted by atomic mass is 14.9. The molecule has 0 bridgehead atoms. The molecule has 0 spiro atoms. The summed E-state index contributed by atoms with van der Waals surface area (Å²) in [5.41, 5.74) is 1.77. The number of hydrogen-bond donors (Lipinski definition) is 0. The third-order valence-electron chi connectivity index (χ3n) is 1.22. The predicted molar refractivity (Wildman–Crippen MR) is 44.1 cm³/mol. The summed E-state index contributed by atoms with van der Waals surface area (Å²) in [4.78, 5) is 8.28. The van der Waals surface area contributed by atoms with Crippen LogP contribution in [-0.2, 0) is 0 Å². The maximum absolute atomic E-state index is 4.14. The standard InChI is InChI=1S/C9H10N2/c1-4-5-9-6-7(2)10-8(3)11-9/h6H,1-3H3. The molecule has 0 atom stereocenters. The van der Waals surface area contributed by atoms with Gasteiger partial charge in [0.05, 0.1) is 0 Å². The quantitative estimate of drug-likeness (QED) is 0.518. The normalized spacial score (nSPS) is 8.64. The summed E-state index contributed by atoms with van der Waals surface area (Å²) in [5.74, 6) is 6.47. The lowest BCUT2D eigenvalue weighted by Crippen LogP contribution is -1.93. The molecule has 0 saturated heterocycles. The van der Waals surface area contributed by atoms with Crippen LogP contribution in [0.1, 0.15) is 24.1 Å². The van der Waals surface area contributed by atoms with Crippen molar-refractivity contribution >= 4 is 0 Å². The molecular formula is C9H10N2. The van der Waals surface area contributed by atoms with E-state index in [9.17, 15) is 0 Å². The van der Waals surface area contributed by atoms with Crippen LogP contribution >= 0.6 is 0 Å². The van der Waals surface area contributed by atoms with Crippen LogP contribution in [-0.4, -0.2) is 9.97 Å². The number of rotatable bonds is 0. The predicted octanol–water partition coefficient (Wildman–Crippen LogP) is 1.46. The van der Waals surface area contributed by atoms with Crippen molar-refractivity contribution in [2.24, 2.45) is 0 Å². The van der Waals surface area contributed by atoms with Gasteiger partial charge in [-0.05, 0) is 32.8 Å². The van der Waals surface area contributed by atoms with E-state index >= 15 is 0 Å². The van der Waals surface area contributed by atoms with Crippen molar-refractivity contribution < 1.29 is 0 Å². The van der Waals surface area contributed by atoms with E-state index in [1.54, 1.807) is 6.92 Å². The first-order valence-electron chi connectivity index (χ1n) is 3.47. The highest BCUT2D eigenvalue weighted by molar-refractivity contribution is 5.27. The van der Waals surface area contributed by atoms with E-state index in [1.165, 1.54) is 0 Å². The summed E-state index contributed by atoms with van der Waals surface area (Å²) in [7, 11) is 0. The van der Waals surface area contributed by atoms with Gasteiger partial charge in [-0.25, -0.2) is 9.97 Å². The van der Waals surface area contributed by atoms with E-state index in [-0.39, 0.29) is 0 Å². The van der Waals surface area contributed by atoms with Crippen molar-refractivity contribution in [1.82, 2.24) is 9.97 Å². The smallest absolute Gasteiger partial charge is 0.126 e. The summed E-state index contributed by atoms with van der Waals surface area (Å²) in [6, 6.07) is 1.88. The van der Waals surface area contributed by atoms with E-state index in [1.807, 2.05) is 19.9 Å². The number of aromatic nitrogens is 2. The molecule has 1 rings (SSSR count). The third-order valence-corrected chi connectivity index (χ3v) is 1.22. The Morgan fingerprint density at radius 3 is 2.55 bits per heavy atom. The van der Waals surface area contributed by atoms with Gasteiger partial charge in [0.15, 0.2) is 0 Å². The zero-order chi connectivity index (χ0) is 8.27. The molecule has 2 nitrogen and oxygen atoms in total. The average molecular weight is 146 g/mol. The molecule has 1 aromatic rings. The van der Waals surface area contributed by atoms with E-state index in [2.05, 4.69) is 21.8 Å². The third kappa shape index (κ3) is 2.05. The van der Waals surface area contributed by atoms with Crippen molar-refractivity contribution in [1.29, 1.82) is 0 Å². The van der Waals surface area contributed by atoms with Crippen LogP contribution in [0, 0.1) is 25.7 Å². The minimum Gasteiger partial charge on any atom is -0.238 e. The lowest BCUT2D eigenvalue weighted by atomic mass is 10.3. The van der Waals surface area contributed by atoms with Gasteiger partial charge < -0.3 is 0 Å². The fourth-order valence-corrected chi connectivity index (χ4v) is 0.909. The Labute approximate surface area is 66.7 Å². The summed E-state index contributed by atoms with van der Waals surface area (Å²) >= 11 is 0. The molecule has 1 aromatic heterocycles. The van der Waals surface area contributed by atoms with Crippen molar-refractivity contribution in [2.45, 2.75) is 20.8 Å². The van der Waals surface area contributed by atoms with Crippen LogP contribution in [0.15, 0.2) is 6.07 Å². The molecule has 0 amide bonds. The van der Waals surface area contributed by atoms with Gasteiger partial charge in [0.25, 0.3) is 0 Å². The molecule has 0 unspecified atom stereocenters. The molecule has 11 heavy (non-hydrogen) atoms. The topological polar surface area (TPSA) is 25.8 Å². The van der Waals surface area contributed by atoms with Crippen LogP contribution in [0.5, 0.6) is 0 Å². The summed E-state index contributed by atoms with van der Waals surface area (Å²) in [6.45, 7) is 5.61. The average Bonchev–Trinajstić information content (AvgIpc) is 1.85. The molecule has 56 valence electrons. The van der Waals surface area contributed by atoms with Crippen LogP contribution in [0.4, 0.5) is 0 Å². The highest BCUT2D eigenvalue weighted by Crippen LogP contribution is 1.97. The van der Waals surface area contributed by atoms with E-state index < -0.39 is 0 Å². The Morgan fingerprint density at radius 1 is 1.27 bits per heavy atom. The monoisotopic (exact) mass is 146 g/mol. The second kappa shape index (κ2) is 3.16. The molecule has 1 heterocycles. The van der Waals surface area contributed by atoms with Crippen LogP contribution in [0.2, 0.25) is 0 Å². The first-order valence-corrected chi connectivity index (χ1v) is 3.47. The van der Waals surface area contributed by atoms with Gasteiger partial charge in [-0.3, -0.25) is 0 Å². The van der Waals surface area contributed by atoms with Gasteiger partial charge in [-0.1, -0.05) is 5.92 Å². The van der Waals surface area contributed by atoms with Crippen LogP contribution in [0.25, 0.3) is 0 Å². The van der Waals surface area contributed by atoms with Gasteiger partial charge in [0.2, 0.25) is 0 Å². The number of aryl methyl sites for hydroxylation is 2. The van der Waals surface area contributed by atoms with Gasteiger partial charge in [-0.2, -0.15) is 0 Å². The zero-order valence-electron chi connectivity index (χ0n) is 6.97. The molecule has 2 heteroatoms. The summed E-state index contributed by atoms with van der Waals surface area (Å²) in [6.07, 6.45) is 0. The molecule has 0 N–H and O–H groups in total. The Hall–Kier alpha value is -1.36. The lowest BCUT2D eigenvalue weighted by molar-refractivity contribution is 1.000. The number of hydrogen-bond acceptors (Lipinski definition) is 2. The fourth-order valence-electron chi connectivity index (χ4n) is 0.909. The molecular weight excluding hydrogens is 136 g/mol. The second-order valence-electron chi connectivity index (χ2n) is 2.32. The molecule has 0 aromatic carbocycles. The van der Waals surface area contributed by atoms with Crippen molar-refractivity contribution in [3.63, 3.8) is 0 Å². The SMILES string of the molecule is CC#Cc1cc(C)nc(C)n1. The maximum atomic E-state index is 4.14. The molecule has 0 aliphatic carbocycles. The Balaban J connectivity index is 3.15. The first-order chi connectivity index (χ1) is 5.22. The largest absolute Gasteiger partial charge is 0.238 e. The minimum atomic E-state index is 0.780. The van der Waals surface area contributed by atoms with E-state index in [4.69, 9.17) is 0 Å². The number of nitrogens with zero attached hydrogens (tertiary/aromatic N) is 2. The van der Waals surface area contributed by atoms with Crippen molar-refractivity contribution in [3.8, 4) is 11.8 Å². The lowest BCUT2D eigenvalue weighted by Gasteiger charge is -1.95. The van der Waals surface area contributed by atoms with Crippen molar-refractivity contribution in [2.75, 3.05) is 0 Å². The maximum Gasteiger partial charge on any atom is 0.126 e. The van der Waals surface area contributed by atoms with E-state index in [0.717, 1.165) is 17.2 Å². The van der Waals surface area contributed by atoms with Gasteiger partial charge in [0, 0.05) is 5.69 Å². The van der Waals surface area contributed by atoms with E-state index in [0.29, 0.717) is 0 Å². The Bertz CT molecular complexity index is 298. The van der Waals surface area contributed by atoms with Gasteiger partial charge in [0.1, 0.15) is 11.5 Å². The zero-order valence-corrected chi connectivity index (χ0v) is 6.97. The Morgan fingerprint density at radius 2 is 2.00 bits per heavy atom. The second-order valence-corrected chi connectivity index (χ2v) is 2.32. The molecule has 0 aliphatic rings. The molecule has 0 fully saturated rings. The van der Waals surface area contributed by atoms with Crippen LogP contribution < -0.4 is 0 Å².